The van der Waals surface area contributed by atoms with Crippen LogP contribution in [0.3, 0.4) is 0 Å². The highest BCUT2D eigenvalue weighted by molar-refractivity contribution is 7.99. The van der Waals surface area contributed by atoms with Crippen molar-refractivity contribution in [3.63, 3.8) is 0 Å². The van der Waals surface area contributed by atoms with Gasteiger partial charge in [0, 0.05) is 25.4 Å². The summed E-state index contributed by atoms with van der Waals surface area (Å²) in [7, 11) is 0. The number of fused-ring (bicyclic) bond motifs is 1. The summed E-state index contributed by atoms with van der Waals surface area (Å²) in [5.41, 5.74) is 0. The molecule has 0 aromatic carbocycles. The lowest BCUT2D eigenvalue weighted by molar-refractivity contribution is 0.333. The molecule has 4 heteroatoms. The first-order valence-electron chi connectivity index (χ1n) is 5.41. The highest BCUT2D eigenvalue weighted by Gasteiger charge is 2.35. The minimum atomic E-state index is 0. The Bertz CT molecular complexity index is 156. The standard InChI is InChI=1S/C10H20N2S.ClH/c1-2-13-4-3-12-7-9-5-11-6-10(9)8-12;/h9-11H,2-8H2,1H3;1H/t9-,10+;. The fourth-order valence-electron chi connectivity index (χ4n) is 2.47. The van der Waals surface area contributed by atoms with Crippen LogP contribution in [0.1, 0.15) is 6.92 Å². The van der Waals surface area contributed by atoms with E-state index in [9.17, 15) is 0 Å². The molecule has 2 rings (SSSR count). The number of hydrogen-bond acceptors (Lipinski definition) is 3. The van der Waals surface area contributed by atoms with Crippen LogP contribution in [0.25, 0.3) is 0 Å². The number of rotatable bonds is 4. The van der Waals surface area contributed by atoms with Crippen LogP contribution in [0.2, 0.25) is 0 Å². The lowest BCUT2D eigenvalue weighted by Gasteiger charge is -2.15. The second-order valence-corrected chi connectivity index (χ2v) is 5.53. The predicted octanol–water partition coefficient (Wildman–Crippen LogP) is 1.31. The van der Waals surface area contributed by atoms with Gasteiger partial charge in [0.2, 0.25) is 0 Å². The van der Waals surface area contributed by atoms with Crippen LogP contribution in [0.15, 0.2) is 0 Å². The summed E-state index contributed by atoms with van der Waals surface area (Å²) in [4.78, 5) is 2.65. The smallest absolute Gasteiger partial charge is 0.00726 e. The van der Waals surface area contributed by atoms with E-state index in [1.807, 2.05) is 0 Å². The number of hydrogen-bond donors (Lipinski definition) is 1. The zero-order valence-electron chi connectivity index (χ0n) is 8.87. The molecular weight excluding hydrogens is 216 g/mol. The molecular formula is C10H21ClN2S. The van der Waals surface area contributed by atoms with Crippen molar-refractivity contribution in [1.82, 2.24) is 10.2 Å². The second-order valence-electron chi connectivity index (χ2n) is 4.13. The van der Waals surface area contributed by atoms with Crippen LogP contribution in [-0.4, -0.2) is 49.1 Å². The molecule has 2 saturated heterocycles. The highest BCUT2D eigenvalue weighted by Crippen LogP contribution is 2.26. The first kappa shape index (κ1) is 12.6. The molecule has 2 atom stereocenters. The van der Waals surface area contributed by atoms with E-state index < -0.39 is 0 Å². The van der Waals surface area contributed by atoms with E-state index in [0.29, 0.717) is 0 Å². The minimum absolute atomic E-state index is 0. The van der Waals surface area contributed by atoms with Crippen LogP contribution in [0.5, 0.6) is 0 Å². The highest BCUT2D eigenvalue weighted by atomic mass is 35.5. The summed E-state index contributed by atoms with van der Waals surface area (Å²) in [6.07, 6.45) is 0. The van der Waals surface area contributed by atoms with Gasteiger partial charge >= 0.3 is 0 Å². The molecule has 1 N–H and O–H groups in total. The Balaban J connectivity index is 0.000000980. The minimum Gasteiger partial charge on any atom is -0.316 e. The zero-order valence-corrected chi connectivity index (χ0v) is 10.5. The van der Waals surface area contributed by atoms with Gasteiger partial charge in [0.15, 0.2) is 0 Å². The fourth-order valence-corrected chi connectivity index (χ4v) is 3.15. The number of thioether (sulfide) groups is 1. The summed E-state index contributed by atoms with van der Waals surface area (Å²) >= 11 is 2.07. The summed E-state index contributed by atoms with van der Waals surface area (Å²) in [5.74, 6) is 4.52. The molecule has 2 aliphatic heterocycles. The number of halogens is 1. The lowest BCUT2D eigenvalue weighted by atomic mass is 10.0. The molecule has 0 spiro atoms. The van der Waals surface area contributed by atoms with Crippen molar-refractivity contribution >= 4 is 24.2 Å². The van der Waals surface area contributed by atoms with Gasteiger partial charge in [-0.1, -0.05) is 6.92 Å². The fraction of sp³-hybridized carbons (Fsp3) is 1.00. The Morgan fingerprint density at radius 3 is 2.50 bits per heavy atom. The molecule has 14 heavy (non-hydrogen) atoms. The normalized spacial score (nSPS) is 31.5. The number of likely N-dealkylation sites (tertiary alicyclic amines) is 1. The Labute approximate surface area is 97.6 Å². The molecule has 2 aliphatic rings. The third kappa shape index (κ3) is 3.02. The van der Waals surface area contributed by atoms with E-state index in [1.54, 1.807) is 0 Å². The van der Waals surface area contributed by atoms with Gasteiger partial charge in [-0.3, -0.25) is 0 Å². The van der Waals surface area contributed by atoms with E-state index in [0.717, 1.165) is 11.8 Å². The van der Waals surface area contributed by atoms with E-state index in [2.05, 4.69) is 28.9 Å². The van der Waals surface area contributed by atoms with Crippen LogP contribution in [0, 0.1) is 11.8 Å². The molecule has 2 heterocycles. The van der Waals surface area contributed by atoms with E-state index in [-0.39, 0.29) is 12.4 Å². The van der Waals surface area contributed by atoms with E-state index in [1.165, 1.54) is 44.2 Å². The average Bonchev–Trinajstić information content (AvgIpc) is 2.64. The molecule has 0 aromatic rings. The van der Waals surface area contributed by atoms with Crippen molar-refractivity contribution in [2.45, 2.75) is 6.92 Å². The summed E-state index contributed by atoms with van der Waals surface area (Å²) in [6, 6.07) is 0. The van der Waals surface area contributed by atoms with E-state index in [4.69, 9.17) is 0 Å². The molecule has 0 aromatic heterocycles. The monoisotopic (exact) mass is 236 g/mol. The predicted molar refractivity (Wildman–Crippen MR) is 66.5 cm³/mol. The summed E-state index contributed by atoms with van der Waals surface area (Å²) in [6.45, 7) is 8.78. The molecule has 0 unspecified atom stereocenters. The van der Waals surface area contributed by atoms with Crippen molar-refractivity contribution in [2.75, 3.05) is 44.2 Å². The van der Waals surface area contributed by atoms with Crippen molar-refractivity contribution in [1.29, 1.82) is 0 Å². The summed E-state index contributed by atoms with van der Waals surface area (Å²) in [5, 5.41) is 3.48. The second kappa shape index (κ2) is 6.21. The van der Waals surface area contributed by atoms with Gasteiger partial charge in [-0.05, 0) is 30.7 Å². The molecule has 0 radical (unpaired) electrons. The van der Waals surface area contributed by atoms with Crippen molar-refractivity contribution in [3.8, 4) is 0 Å². The largest absolute Gasteiger partial charge is 0.316 e. The summed E-state index contributed by atoms with van der Waals surface area (Å²) < 4.78 is 0. The van der Waals surface area contributed by atoms with Gasteiger partial charge in [0.1, 0.15) is 0 Å². The third-order valence-electron chi connectivity index (χ3n) is 3.22. The molecule has 84 valence electrons. The van der Waals surface area contributed by atoms with Crippen molar-refractivity contribution in [3.05, 3.63) is 0 Å². The van der Waals surface area contributed by atoms with Crippen LogP contribution in [-0.2, 0) is 0 Å². The molecule has 0 aliphatic carbocycles. The van der Waals surface area contributed by atoms with Crippen molar-refractivity contribution < 1.29 is 0 Å². The van der Waals surface area contributed by atoms with Gasteiger partial charge in [-0.2, -0.15) is 11.8 Å². The van der Waals surface area contributed by atoms with Crippen LogP contribution in [0.4, 0.5) is 0 Å². The SMILES string of the molecule is CCSCCN1C[C@H]2CNC[C@H]2C1.Cl. The molecule has 2 nitrogen and oxygen atoms in total. The average molecular weight is 237 g/mol. The maximum Gasteiger partial charge on any atom is 0.00726 e. The van der Waals surface area contributed by atoms with Gasteiger partial charge in [0.25, 0.3) is 0 Å². The van der Waals surface area contributed by atoms with Gasteiger partial charge in [0.05, 0.1) is 0 Å². The first-order valence-corrected chi connectivity index (χ1v) is 6.56. The first-order chi connectivity index (χ1) is 6.40. The van der Waals surface area contributed by atoms with Gasteiger partial charge in [-0.15, -0.1) is 12.4 Å². The maximum absolute atomic E-state index is 3.48. The Kier molecular flexibility index (Phi) is 5.60. The Hall–Kier alpha value is 0.560. The van der Waals surface area contributed by atoms with Gasteiger partial charge in [-0.25, -0.2) is 0 Å². The molecule has 0 bridgehead atoms. The van der Waals surface area contributed by atoms with Crippen molar-refractivity contribution in [2.24, 2.45) is 11.8 Å². The Morgan fingerprint density at radius 2 is 1.93 bits per heavy atom. The van der Waals surface area contributed by atoms with E-state index >= 15 is 0 Å². The molecule has 0 amide bonds. The number of nitrogens with zero attached hydrogens (tertiary/aromatic N) is 1. The maximum atomic E-state index is 3.48. The quantitative estimate of drug-likeness (QED) is 0.742. The topological polar surface area (TPSA) is 15.3 Å². The van der Waals surface area contributed by atoms with Gasteiger partial charge < -0.3 is 10.2 Å². The molecule has 2 fully saturated rings. The van der Waals surface area contributed by atoms with Crippen LogP contribution < -0.4 is 5.32 Å². The third-order valence-corrected chi connectivity index (χ3v) is 4.10. The zero-order chi connectivity index (χ0) is 9.10. The Morgan fingerprint density at radius 1 is 1.29 bits per heavy atom. The number of nitrogens with one attached hydrogen (secondary N) is 1. The molecule has 0 saturated carbocycles. The lowest BCUT2D eigenvalue weighted by Crippen LogP contribution is -2.27. The van der Waals surface area contributed by atoms with Crippen LogP contribution >= 0.6 is 24.2 Å².